The number of amides is 1. The molecule has 0 aromatic heterocycles. The van der Waals surface area contributed by atoms with Crippen molar-refractivity contribution in [1.29, 1.82) is 5.26 Å². The molecule has 1 atom stereocenters. The van der Waals surface area contributed by atoms with Gasteiger partial charge in [0.05, 0.1) is 11.6 Å². The van der Waals surface area contributed by atoms with E-state index in [1.54, 1.807) is 4.90 Å². The number of carbonyl (C=O) groups excluding carboxylic acids is 1. The maximum Gasteiger partial charge on any atom is 0.256 e. The van der Waals surface area contributed by atoms with Crippen LogP contribution in [0.5, 0.6) is 0 Å². The fourth-order valence-electron chi connectivity index (χ4n) is 2.12. The van der Waals surface area contributed by atoms with Crippen LogP contribution < -0.4 is 0 Å². The summed E-state index contributed by atoms with van der Waals surface area (Å²) in [6.07, 6.45) is 2.79. The molecule has 5 heteroatoms. The van der Waals surface area contributed by atoms with Gasteiger partial charge in [0.15, 0.2) is 0 Å². The summed E-state index contributed by atoms with van der Waals surface area (Å²) in [7, 11) is 0. The van der Waals surface area contributed by atoms with Gasteiger partial charge >= 0.3 is 0 Å². The lowest BCUT2D eigenvalue weighted by molar-refractivity contribution is 0.0669. The van der Waals surface area contributed by atoms with Crippen LogP contribution in [-0.4, -0.2) is 23.4 Å². The first kappa shape index (κ1) is 13.8. The Labute approximate surface area is 128 Å². The molecule has 0 radical (unpaired) electrons. The van der Waals surface area contributed by atoms with E-state index in [-0.39, 0.29) is 11.9 Å². The number of nitriles is 1. The molecule has 1 aromatic carbocycles. The fraction of sp³-hybridized carbons (Fsp3) is 0.385. The molecule has 0 bridgehead atoms. The van der Waals surface area contributed by atoms with E-state index in [1.165, 1.54) is 0 Å². The quantitative estimate of drug-likeness (QED) is 0.654. The van der Waals surface area contributed by atoms with Crippen molar-refractivity contribution in [1.82, 2.24) is 4.90 Å². The molecule has 1 saturated heterocycles. The summed E-state index contributed by atoms with van der Waals surface area (Å²) in [5, 5.41) is 9.13. The van der Waals surface area contributed by atoms with Crippen molar-refractivity contribution in [3.05, 3.63) is 31.8 Å². The average molecular weight is 419 g/mol. The molecule has 1 aromatic rings. The molecule has 1 aliphatic heterocycles. The van der Waals surface area contributed by atoms with Gasteiger partial charge < -0.3 is 4.90 Å². The topological polar surface area (TPSA) is 44.1 Å². The van der Waals surface area contributed by atoms with Crippen molar-refractivity contribution >= 4 is 44.4 Å². The van der Waals surface area contributed by atoms with Crippen molar-refractivity contribution in [2.75, 3.05) is 6.54 Å². The highest BCUT2D eigenvalue weighted by Gasteiger charge is 2.28. The van der Waals surface area contributed by atoms with Gasteiger partial charge in [0, 0.05) is 14.6 Å². The van der Waals surface area contributed by atoms with Crippen LogP contribution in [-0.2, 0) is 0 Å². The number of hydrogen-bond donors (Lipinski definition) is 0. The maximum absolute atomic E-state index is 12.5. The molecule has 2 rings (SSSR count). The number of benzene rings is 1. The number of hydrogen-bond acceptors (Lipinski definition) is 2. The van der Waals surface area contributed by atoms with Crippen LogP contribution in [0.25, 0.3) is 0 Å². The first-order valence-electron chi connectivity index (χ1n) is 5.79. The highest BCUT2D eigenvalue weighted by atomic mass is 127. The molecule has 3 nitrogen and oxygen atoms in total. The van der Waals surface area contributed by atoms with Gasteiger partial charge in [-0.15, -0.1) is 0 Å². The van der Waals surface area contributed by atoms with E-state index in [2.05, 4.69) is 44.6 Å². The fourth-order valence-corrected chi connectivity index (χ4v) is 3.05. The van der Waals surface area contributed by atoms with E-state index in [4.69, 9.17) is 5.26 Å². The molecule has 0 aliphatic carbocycles. The summed E-state index contributed by atoms with van der Waals surface area (Å²) in [6.45, 7) is 0.680. The van der Waals surface area contributed by atoms with Gasteiger partial charge in [-0.2, -0.15) is 5.26 Å². The average Bonchev–Trinajstić information content (AvgIpc) is 2.40. The second-order valence-electron chi connectivity index (χ2n) is 4.26. The lowest BCUT2D eigenvalue weighted by atomic mass is 10.0. The van der Waals surface area contributed by atoms with Crippen LogP contribution in [0, 0.1) is 14.9 Å². The van der Waals surface area contributed by atoms with E-state index in [0.29, 0.717) is 12.1 Å². The monoisotopic (exact) mass is 418 g/mol. The standard InChI is InChI=1S/C13H12BrIN2O/c14-9-4-5-12(15)11(7-9)13(18)17-6-2-1-3-10(17)8-16/h4-5,7,10H,1-3,6H2. The van der Waals surface area contributed by atoms with Gasteiger partial charge in [-0.25, -0.2) is 0 Å². The van der Waals surface area contributed by atoms with E-state index in [1.807, 2.05) is 18.2 Å². The number of rotatable bonds is 1. The summed E-state index contributed by atoms with van der Waals surface area (Å²) in [5.41, 5.74) is 0.673. The van der Waals surface area contributed by atoms with Crippen molar-refractivity contribution in [3.63, 3.8) is 0 Å². The molecular weight excluding hydrogens is 407 g/mol. The summed E-state index contributed by atoms with van der Waals surface area (Å²) >= 11 is 5.54. The van der Waals surface area contributed by atoms with Gasteiger partial charge in [-0.3, -0.25) is 4.79 Å². The number of piperidine rings is 1. The molecular formula is C13H12BrIN2O. The Kier molecular flexibility index (Phi) is 4.62. The van der Waals surface area contributed by atoms with E-state index >= 15 is 0 Å². The summed E-state index contributed by atoms with van der Waals surface area (Å²) in [4.78, 5) is 14.2. The molecule has 0 N–H and O–H groups in total. The zero-order chi connectivity index (χ0) is 13.1. The van der Waals surface area contributed by atoms with Crippen molar-refractivity contribution < 1.29 is 4.79 Å². The summed E-state index contributed by atoms with van der Waals surface area (Å²) in [5.74, 6) is -0.0352. The minimum absolute atomic E-state index is 0.0352. The van der Waals surface area contributed by atoms with Crippen LogP contribution in [0.15, 0.2) is 22.7 Å². The number of halogens is 2. The highest BCUT2D eigenvalue weighted by molar-refractivity contribution is 14.1. The SMILES string of the molecule is N#CC1CCCCN1C(=O)c1cc(Br)ccc1I. The van der Waals surface area contributed by atoms with Gasteiger partial charge in [0.25, 0.3) is 5.91 Å². The lowest BCUT2D eigenvalue weighted by Crippen LogP contribution is -2.43. The predicted molar refractivity (Wildman–Crippen MR) is 81.1 cm³/mol. The zero-order valence-electron chi connectivity index (χ0n) is 9.70. The predicted octanol–water partition coefficient (Wildman–Crippen LogP) is 3.57. The van der Waals surface area contributed by atoms with E-state index in [0.717, 1.165) is 27.3 Å². The Morgan fingerprint density at radius 3 is 3.00 bits per heavy atom. The number of carbonyl (C=O) groups is 1. The van der Waals surface area contributed by atoms with Crippen molar-refractivity contribution in [2.45, 2.75) is 25.3 Å². The largest absolute Gasteiger partial charge is 0.323 e. The van der Waals surface area contributed by atoms with Crippen LogP contribution in [0.1, 0.15) is 29.6 Å². The molecule has 1 amide bonds. The molecule has 1 unspecified atom stereocenters. The van der Waals surface area contributed by atoms with Crippen LogP contribution in [0.4, 0.5) is 0 Å². The third-order valence-corrected chi connectivity index (χ3v) is 4.51. The Morgan fingerprint density at radius 2 is 2.28 bits per heavy atom. The first-order valence-corrected chi connectivity index (χ1v) is 7.66. The van der Waals surface area contributed by atoms with Gasteiger partial charge in [-0.05, 0) is 60.1 Å². The Hall–Kier alpha value is -0.610. The maximum atomic E-state index is 12.5. The summed E-state index contributed by atoms with van der Waals surface area (Å²) < 4.78 is 1.81. The molecule has 1 fully saturated rings. The Morgan fingerprint density at radius 1 is 1.50 bits per heavy atom. The third-order valence-electron chi connectivity index (χ3n) is 3.07. The molecule has 0 spiro atoms. The lowest BCUT2D eigenvalue weighted by Gasteiger charge is -2.31. The van der Waals surface area contributed by atoms with E-state index in [9.17, 15) is 4.79 Å². The van der Waals surface area contributed by atoms with Crippen molar-refractivity contribution in [3.8, 4) is 6.07 Å². The highest BCUT2D eigenvalue weighted by Crippen LogP contribution is 2.24. The van der Waals surface area contributed by atoms with Crippen molar-refractivity contribution in [2.24, 2.45) is 0 Å². The number of nitrogens with zero attached hydrogens (tertiary/aromatic N) is 2. The normalized spacial score (nSPS) is 19.4. The van der Waals surface area contributed by atoms with Crippen LogP contribution >= 0.6 is 38.5 Å². The minimum atomic E-state index is -0.277. The van der Waals surface area contributed by atoms with Crippen LogP contribution in [0.3, 0.4) is 0 Å². The van der Waals surface area contributed by atoms with Crippen LogP contribution in [0.2, 0.25) is 0 Å². The first-order chi connectivity index (χ1) is 8.63. The van der Waals surface area contributed by atoms with E-state index < -0.39 is 0 Å². The van der Waals surface area contributed by atoms with Gasteiger partial charge in [0.2, 0.25) is 0 Å². The molecule has 1 aliphatic rings. The molecule has 0 saturated carbocycles. The Balaban J connectivity index is 2.30. The molecule has 94 valence electrons. The minimum Gasteiger partial charge on any atom is -0.323 e. The smallest absolute Gasteiger partial charge is 0.256 e. The van der Waals surface area contributed by atoms with Gasteiger partial charge in [-0.1, -0.05) is 15.9 Å². The second-order valence-corrected chi connectivity index (χ2v) is 6.34. The summed E-state index contributed by atoms with van der Waals surface area (Å²) in [6, 6.07) is 7.60. The number of likely N-dealkylation sites (tertiary alicyclic amines) is 1. The van der Waals surface area contributed by atoms with Gasteiger partial charge in [0.1, 0.15) is 6.04 Å². The third kappa shape index (κ3) is 2.86. The molecule has 18 heavy (non-hydrogen) atoms. The second kappa shape index (κ2) is 6.02. The zero-order valence-corrected chi connectivity index (χ0v) is 13.4. The Bertz CT molecular complexity index is 512. The molecule has 1 heterocycles.